The van der Waals surface area contributed by atoms with Crippen LogP contribution in [0.3, 0.4) is 0 Å². The van der Waals surface area contributed by atoms with E-state index in [0.717, 1.165) is 12.1 Å². The quantitative estimate of drug-likeness (QED) is 0.618. The summed E-state index contributed by atoms with van der Waals surface area (Å²) in [7, 11) is 0. The molecule has 1 aromatic rings. The Morgan fingerprint density at radius 2 is 1.77 bits per heavy atom. The molecule has 0 unspecified atom stereocenters. The van der Waals surface area contributed by atoms with Gasteiger partial charge in [-0.05, 0) is 40.5 Å². The third kappa shape index (κ3) is 2.21. The highest BCUT2D eigenvalue weighted by atomic mass is 79.9. The fourth-order valence-corrected chi connectivity index (χ4v) is 1.45. The van der Waals surface area contributed by atoms with Crippen molar-refractivity contribution >= 4 is 15.9 Å². The van der Waals surface area contributed by atoms with Gasteiger partial charge in [0.15, 0.2) is 0 Å². The van der Waals surface area contributed by atoms with Crippen molar-refractivity contribution in [1.82, 2.24) is 0 Å². The van der Waals surface area contributed by atoms with Crippen LogP contribution in [0.15, 0.2) is 16.6 Å². The van der Waals surface area contributed by atoms with Crippen molar-refractivity contribution in [3.8, 4) is 0 Å². The standard InChI is InChI=1S/C8H5BrF4/c1-4-2-5(8(11,12)13)3-6(9)7(4)10/h2-3H,1H3. The van der Waals surface area contributed by atoms with E-state index in [1.807, 2.05) is 0 Å². The smallest absolute Gasteiger partial charge is 0.205 e. The van der Waals surface area contributed by atoms with Crippen LogP contribution in [0.5, 0.6) is 0 Å². The molecule has 5 heteroatoms. The lowest BCUT2D eigenvalue weighted by Gasteiger charge is -2.08. The summed E-state index contributed by atoms with van der Waals surface area (Å²) in [5.41, 5.74) is -0.875. The topological polar surface area (TPSA) is 0 Å². The molecule has 0 aromatic heterocycles. The molecule has 0 heterocycles. The first kappa shape index (κ1) is 10.5. The number of hydrogen-bond donors (Lipinski definition) is 0. The van der Waals surface area contributed by atoms with Gasteiger partial charge in [-0.3, -0.25) is 0 Å². The molecule has 0 bridgehead atoms. The number of alkyl halides is 3. The first-order chi connectivity index (χ1) is 5.82. The molecule has 0 saturated heterocycles. The van der Waals surface area contributed by atoms with E-state index in [1.165, 1.54) is 6.92 Å². The predicted molar refractivity (Wildman–Crippen MR) is 43.8 cm³/mol. The van der Waals surface area contributed by atoms with Crippen molar-refractivity contribution in [3.05, 3.63) is 33.5 Å². The summed E-state index contributed by atoms with van der Waals surface area (Å²) in [4.78, 5) is 0. The molecule has 13 heavy (non-hydrogen) atoms. The highest BCUT2D eigenvalue weighted by molar-refractivity contribution is 9.10. The molecular weight excluding hydrogens is 252 g/mol. The van der Waals surface area contributed by atoms with E-state index >= 15 is 0 Å². The van der Waals surface area contributed by atoms with E-state index in [9.17, 15) is 17.6 Å². The number of rotatable bonds is 0. The highest BCUT2D eigenvalue weighted by Crippen LogP contribution is 2.33. The average molecular weight is 257 g/mol. The Hall–Kier alpha value is -0.580. The van der Waals surface area contributed by atoms with Gasteiger partial charge in [0.25, 0.3) is 0 Å². The van der Waals surface area contributed by atoms with Crippen LogP contribution < -0.4 is 0 Å². The van der Waals surface area contributed by atoms with Crippen molar-refractivity contribution < 1.29 is 17.6 Å². The molecule has 1 rings (SSSR count). The second-order valence-corrected chi connectivity index (χ2v) is 3.44. The first-order valence-corrected chi connectivity index (χ1v) is 4.14. The van der Waals surface area contributed by atoms with Gasteiger partial charge >= 0.3 is 6.18 Å². The maximum absolute atomic E-state index is 12.9. The van der Waals surface area contributed by atoms with Gasteiger partial charge in [-0.2, -0.15) is 13.2 Å². The Morgan fingerprint density at radius 1 is 1.23 bits per heavy atom. The molecule has 0 fully saturated rings. The summed E-state index contributed by atoms with van der Waals surface area (Å²) in [5.74, 6) is -0.659. The number of hydrogen-bond acceptors (Lipinski definition) is 0. The van der Waals surface area contributed by atoms with Gasteiger partial charge in [0.1, 0.15) is 5.82 Å². The molecular formula is C8H5BrF4. The Labute approximate surface area is 80.7 Å². The van der Waals surface area contributed by atoms with E-state index in [0.29, 0.717) is 0 Å². The predicted octanol–water partition coefficient (Wildman–Crippen LogP) is 3.92. The van der Waals surface area contributed by atoms with E-state index in [4.69, 9.17) is 0 Å². The summed E-state index contributed by atoms with van der Waals surface area (Å²) >= 11 is 2.71. The monoisotopic (exact) mass is 256 g/mol. The molecule has 0 amide bonds. The van der Waals surface area contributed by atoms with Crippen LogP contribution in [-0.2, 0) is 6.18 Å². The summed E-state index contributed by atoms with van der Waals surface area (Å²) in [6.45, 7) is 1.29. The normalized spacial score (nSPS) is 11.8. The molecule has 0 aliphatic rings. The molecule has 0 nitrogen and oxygen atoms in total. The second kappa shape index (κ2) is 3.29. The average Bonchev–Trinajstić information content (AvgIpc) is 1.97. The zero-order valence-corrected chi connectivity index (χ0v) is 8.13. The minimum atomic E-state index is -4.43. The lowest BCUT2D eigenvalue weighted by molar-refractivity contribution is -0.137. The van der Waals surface area contributed by atoms with Crippen molar-refractivity contribution in [1.29, 1.82) is 0 Å². The van der Waals surface area contributed by atoms with E-state index < -0.39 is 17.6 Å². The van der Waals surface area contributed by atoms with E-state index in [1.54, 1.807) is 0 Å². The van der Waals surface area contributed by atoms with Gasteiger partial charge in [-0.1, -0.05) is 0 Å². The van der Waals surface area contributed by atoms with E-state index in [-0.39, 0.29) is 10.0 Å². The minimum Gasteiger partial charge on any atom is -0.205 e. The van der Waals surface area contributed by atoms with Crippen molar-refractivity contribution in [2.75, 3.05) is 0 Å². The molecule has 0 saturated carbocycles. The van der Waals surface area contributed by atoms with Crippen molar-refractivity contribution in [2.24, 2.45) is 0 Å². The van der Waals surface area contributed by atoms with Gasteiger partial charge < -0.3 is 0 Å². The van der Waals surface area contributed by atoms with Gasteiger partial charge in [0, 0.05) is 0 Å². The molecule has 0 aliphatic heterocycles. The summed E-state index contributed by atoms with van der Waals surface area (Å²) < 4.78 is 49.1. The second-order valence-electron chi connectivity index (χ2n) is 2.59. The van der Waals surface area contributed by atoms with Crippen LogP contribution in [0.2, 0.25) is 0 Å². The van der Waals surface area contributed by atoms with Crippen LogP contribution in [-0.4, -0.2) is 0 Å². The maximum atomic E-state index is 12.9. The Balaban J connectivity index is 3.29. The zero-order chi connectivity index (χ0) is 10.2. The van der Waals surface area contributed by atoms with Gasteiger partial charge in [-0.25, -0.2) is 4.39 Å². The van der Waals surface area contributed by atoms with Crippen molar-refractivity contribution in [2.45, 2.75) is 13.1 Å². The zero-order valence-electron chi connectivity index (χ0n) is 6.54. The Bertz CT molecular complexity index is 306. The lowest BCUT2D eigenvalue weighted by Crippen LogP contribution is -2.06. The SMILES string of the molecule is Cc1cc(C(F)(F)F)cc(Br)c1F. The maximum Gasteiger partial charge on any atom is 0.416 e. The molecule has 0 spiro atoms. The number of benzene rings is 1. The van der Waals surface area contributed by atoms with E-state index in [2.05, 4.69) is 15.9 Å². The van der Waals surface area contributed by atoms with Crippen LogP contribution in [0.4, 0.5) is 17.6 Å². The fraction of sp³-hybridized carbons (Fsp3) is 0.250. The molecule has 0 N–H and O–H groups in total. The van der Waals surface area contributed by atoms with Crippen LogP contribution in [0, 0.1) is 12.7 Å². The first-order valence-electron chi connectivity index (χ1n) is 3.35. The molecule has 0 aliphatic carbocycles. The molecule has 0 atom stereocenters. The van der Waals surface area contributed by atoms with Crippen molar-refractivity contribution in [3.63, 3.8) is 0 Å². The molecule has 72 valence electrons. The number of halogens is 5. The van der Waals surface area contributed by atoms with Gasteiger partial charge in [-0.15, -0.1) is 0 Å². The third-order valence-corrected chi connectivity index (χ3v) is 2.11. The summed E-state index contributed by atoms with van der Waals surface area (Å²) in [6.07, 6.45) is -4.43. The lowest BCUT2D eigenvalue weighted by atomic mass is 10.1. The summed E-state index contributed by atoms with van der Waals surface area (Å²) in [5, 5.41) is 0. The fourth-order valence-electron chi connectivity index (χ4n) is 0.890. The minimum absolute atomic E-state index is 0.0262. The molecule has 1 aromatic carbocycles. The van der Waals surface area contributed by atoms with Gasteiger partial charge in [0.05, 0.1) is 10.0 Å². The van der Waals surface area contributed by atoms with Crippen LogP contribution >= 0.6 is 15.9 Å². The Kier molecular flexibility index (Phi) is 2.66. The summed E-state index contributed by atoms with van der Waals surface area (Å²) in [6, 6.07) is 1.50. The highest BCUT2D eigenvalue weighted by Gasteiger charge is 2.31. The third-order valence-electron chi connectivity index (χ3n) is 1.54. The molecule has 0 radical (unpaired) electrons. The van der Waals surface area contributed by atoms with Gasteiger partial charge in [0.2, 0.25) is 0 Å². The number of aryl methyl sites for hydroxylation is 1. The van der Waals surface area contributed by atoms with Crippen LogP contribution in [0.1, 0.15) is 11.1 Å². The largest absolute Gasteiger partial charge is 0.416 e. The van der Waals surface area contributed by atoms with Crippen LogP contribution in [0.25, 0.3) is 0 Å². The Morgan fingerprint density at radius 3 is 2.15 bits per heavy atom.